The molecule has 132 valence electrons. The summed E-state index contributed by atoms with van der Waals surface area (Å²) in [5.74, 6) is 0.0723. The fourth-order valence-electron chi connectivity index (χ4n) is 2.57. The van der Waals surface area contributed by atoms with Gasteiger partial charge in [-0.2, -0.15) is 8.78 Å². The molecule has 5 nitrogen and oxygen atoms in total. The average Bonchev–Trinajstić information content (AvgIpc) is 3.44. The maximum absolute atomic E-state index is 12.5. The van der Waals surface area contributed by atoms with E-state index >= 15 is 0 Å². The molecule has 1 fully saturated rings. The van der Waals surface area contributed by atoms with Crippen LogP contribution in [0.25, 0.3) is 0 Å². The zero-order valence-corrected chi connectivity index (χ0v) is 13.6. The normalized spacial score (nSPS) is 13.6. The summed E-state index contributed by atoms with van der Waals surface area (Å²) in [7, 11) is 0. The van der Waals surface area contributed by atoms with Gasteiger partial charge in [-0.25, -0.2) is 4.79 Å². The number of aromatic nitrogens is 1. The molecule has 0 unspecified atom stereocenters. The van der Waals surface area contributed by atoms with Crippen molar-refractivity contribution in [3.05, 3.63) is 59.9 Å². The summed E-state index contributed by atoms with van der Waals surface area (Å²) in [4.78, 5) is 18.4. The highest BCUT2D eigenvalue weighted by Gasteiger charge is 2.32. The Balaban J connectivity index is 1.63. The van der Waals surface area contributed by atoms with Gasteiger partial charge in [0.25, 0.3) is 0 Å². The van der Waals surface area contributed by atoms with Crippen molar-refractivity contribution in [1.82, 2.24) is 15.2 Å². The first-order valence-corrected chi connectivity index (χ1v) is 8.09. The quantitative estimate of drug-likeness (QED) is 0.833. The summed E-state index contributed by atoms with van der Waals surface area (Å²) in [5, 5.41) is 2.80. The van der Waals surface area contributed by atoms with Gasteiger partial charge in [0.2, 0.25) is 0 Å². The summed E-state index contributed by atoms with van der Waals surface area (Å²) >= 11 is 0. The molecule has 1 saturated carbocycles. The van der Waals surface area contributed by atoms with Crippen molar-refractivity contribution >= 4 is 6.03 Å². The molecule has 1 aromatic heterocycles. The number of nitrogens with one attached hydrogen (secondary N) is 1. The van der Waals surface area contributed by atoms with Crippen LogP contribution in [-0.2, 0) is 13.1 Å². The average molecular weight is 347 g/mol. The van der Waals surface area contributed by atoms with E-state index in [1.807, 2.05) is 12.1 Å². The van der Waals surface area contributed by atoms with Gasteiger partial charge in [0, 0.05) is 37.1 Å². The number of alkyl halides is 2. The molecule has 0 atom stereocenters. The second-order valence-electron chi connectivity index (χ2n) is 5.87. The molecule has 1 aliphatic carbocycles. The van der Waals surface area contributed by atoms with Crippen molar-refractivity contribution < 1.29 is 18.3 Å². The van der Waals surface area contributed by atoms with Gasteiger partial charge in [0.1, 0.15) is 5.75 Å². The number of ether oxygens (including phenoxy) is 1. The number of urea groups is 1. The minimum absolute atomic E-state index is 0.0723. The molecule has 0 saturated heterocycles. The Morgan fingerprint density at radius 2 is 2.08 bits per heavy atom. The standard InChI is InChI=1S/C18H19F2N3O2/c19-17(20)25-16-6-2-1-5-14(16)11-22-18(24)23(15-7-8-15)12-13-4-3-9-21-10-13/h1-6,9-10,15,17H,7-8,11-12H2,(H,22,24). The Kier molecular flexibility index (Phi) is 5.42. The third-order valence-electron chi connectivity index (χ3n) is 3.94. The van der Waals surface area contributed by atoms with Crippen molar-refractivity contribution in [3.8, 4) is 5.75 Å². The van der Waals surface area contributed by atoms with Gasteiger partial charge in [0.05, 0.1) is 0 Å². The molecule has 1 aromatic carbocycles. The van der Waals surface area contributed by atoms with E-state index in [0.717, 1.165) is 18.4 Å². The molecule has 1 heterocycles. The fourth-order valence-corrected chi connectivity index (χ4v) is 2.57. The molecule has 1 N–H and O–H groups in total. The zero-order valence-electron chi connectivity index (χ0n) is 13.6. The fraction of sp³-hybridized carbons (Fsp3) is 0.333. The van der Waals surface area contributed by atoms with Crippen LogP contribution in [0, 0.1) is 0 Å². The lowest BCUT2D eigenvalue weighted by Crippen LogP contribution is -2.40. The number of halogens is 2. The predicted octanol–water partition coefficient (Wildman–Crippen LogP) is 3.56. The highest BCUT2D eigenvalue weighted by atomic mass is 19.3. The second-order valence-corrected chi connectivity index (χ2v) is 5.87. The molecule has 2 aromatic rings. The van der Waals surface area contributed by atoms with Crippen molar-refractivity contribution in [3.63, 3.8) is 0 Å². The van der Waals surface area contributed by atoms with Crippen LogP contribution >= 0.6 is 0 Å². The van der Waals surface area contributed by atoms with Gasteiger partial charge in [-0.3, -0.25) is 4.98 Å². The number of hydrogen-bond acceptors (Lipinski definition) is 3. The first-order valence-electron chi connectivity index (χ1n) is 8.09. The van der Waals surface area contributed by atoms with Crippen LogP contribution in [-0.4, -0.2) is 28.6 Å². The SMILES string of the molecule is O=C(NCc1ccccc1OC(F)F)N(Cc1cccnc1)C1CC1. The van der Waals surface area contributed by atoms with Crippen LogP contribution in [0.5, 0.6) is 5.75 Å². The topological polar surface area (TPSA) is 54.5 Å². The molecular weight excluding hydrogens is 328 g/mol. The number of carbonyl (C=O) groups is 1. The Hall–Kier alpha value is -2.70. The van der Waals surface area contributed by atoms with E-state index in [1.165, 1.54) is 6.07 Å². The number of nitrogens with zero attached hydrogens (tertiary/aromatic N) is 2. The van der Waals surface area contributed by atoms with Crippen LogP contribution in [0.4, 0.5) is 13.6 Å². The molecule has 7 heteroatoms. The molecule has 2 amide bonds. The Bertz CT molecular complexity index is 708. The monoisotopic (exact) mass is 347 g/mol. The number of rotatable bonds is 7. The van der Waals surface area contributed by atoms with Crippen LogP contribution < -0.4 is 10.1 Å². The van der Waals surface area contributed by atoms with Gasteiger partial charge < -0.3 is 15.0 Å². The molecule has 25 heavy (non-hydrogen) atoms. The second kappa shape index (κ2) is 7.92. The molecule has 0 spiro atoms. The summed E-state index contributed by atoms with van der Waals surface area (Å²) in [6.45, 7) is -2.30. The molecule has 0 radical (unpaired) electrons. The van der Waals surface area contributed by atoms with Crippen molar-refractivity contribution in [1.29, 1.82) is 0 Å². The van der Waals surface area contributed by atoms with Gasteiger partial charge in [-0.05, 0) is 30.5 Å². The van der Waals surface area contributed by atoms with Crippen molar-refractivity contribution in [2.45, 2.75) is 38.6 Å². The first kappa shape index (κ1) is 17.1. The van der Waals surface area contributed by atoms with Gasteiger partial charge in [0.15, 0.2) is 0 Å². The minimum atomic E-state index is -2.90. The van der Waals surface area contributed by atoms with Gasteiger partial charge in [-0.1, -0.05) is 24.3 Å². The lowest BCUT2D eigenvalue weighted by atomic mass is 10.2. The van der Waals surface area contributed by atoms with E-state index in [2.05, 4.69) is 15.0 Å². The third kappa shape index (κ3) is 4.89. The Morgan fingerprint density at radius 1 is 1.28 bits per heavy atom. The number of pyridine rings is 1. The highest BCUT2D eigenvalue weighted by Crippen LogP contribution is 2.28. The van der Waals surface area contributed by atoms with Crippen LogP contribution in [0.3, 0.4) is 0 Å². The molecule has 0 bridgehead atoms. The number of amides is 2. The summed E-state index contributed by atoms with van der Waals surface area (Å²) in [6, 6.07) is 10.2. The van der Waals surface area contributed by atoms with E-state index in [-0.39, 0.29) is 24.4 Å². The smallest absolute Gasteiger partial charge is 0.387 e. The van der Waals surface area contributed by atoms with Gasteiger partial charge >= 0.3 is 12.6 Å². The van der Waals surface area contributed by atoms with Crippen molar-refractivity contribution in [2.75, 3.05) is 0 Å². The van der Waals surface area contributed by atoms with Crippen LogP contribution in [0.2, 0.25) is 0 Å². The Labute approximate surface area is 144 Å². The summed E-state index contributed by atoms with van der Waals surface area (Å²) in [5.41, 5.74) is 1.46. The van der Waals surface area contributed by atoms with E-state index in [0.29, 0.717) is 12.1 Å². The lowest BCUT2D eigenvalue weighted by Gasteiger charge is -2.23. The van der Waals surface area contributed by atoms with Gasteiger partial charge in [-0.15, -0.1) is 0 Å². The highest BCUT2D eigenvalue weighted by molar-refractivity contribution is 5.75. The van der Waals surface area contributed by atoms with E-state index in [4.69, 9.17) is 0 Å². The third-order valence-corrected chi connectivity index (χ3v) is 3.94. The molecule has 0 aliphatic heterocycles. The number of benzene rings is 1. The van der Waals surface area contributed by atoms with E-state index in [1.54, 1.807) is 35.5 Å². The van der Waals surface area contributed by atoms with Crippen LogP contribution in [0.15, 0.2) is 48.8 Å². The zero-order chi connectivity index (χ0) is 17.6. The number of hydrogen-bond donors (Lipinski definition) is 1. The first-order chi connectivity index (χ1) is 12.1. The lowest BCUT2D eigenvalue weighted by molar-refractivity contribution is -0.0504. The Morgan fingerprint density at radius 3 is 2.76 bits per heavy atom. The van der Waals surface area contributed by atoms with Crippen LogP contribution in [0.1, 0.15) is 24.0 Å². The minimum Gasteiger partial charge on any atom is -0.434 e. The van der Waals surface area contributed by atoms with E-state index in [9.17, 15) is 13.6 Å². The predicted molar refractivity (Wildman–Crippen MR) is 88.1 cm³/mol. The number of carbonyl (C=O) groups excluding carboxylic acids is 1. The molecule has 1 aliphatic rings. The molecule has 3 rings (SSSR count). The van der Waals surface area contributed by atoms with E-state index < -0.39 is 6.61 Å². The number of para-hydroxylation sites is 1. The largest absolute Gasteiger partial charge is 0.434 e. The van der Waals surface area contributed by atoms with Crippen molar-refractivity contribution in [2.24, 2.45) is 0 Å². The summed E-state index contributed by atoms with van der Waals surface area (Å²) < 4.78 is 29.4. The maximum Gasteiger partial charge on any atom is 0.387 e. The summed E-state index contributed by atoms with van der Waals surface area (Å²) in [6.07, 6.45) is 5.36. The molecular formula is C18H19F2N3O2. The maximum atomic E-state index is 12.5.